The van der Waals surface area contributed by atoms with E-state index in [2.05, 4.69) is 34.1 Å². The molecule has 0 spiro atoms. The molecule has 20 heavy (non-hydrogen) atoms. The molecule has 3 aromatic carbocycles. The van der Waals surface area contributed by atoms with Gasteiger partial charge in [-0.1, -0.05) is 64.5 Å². The first-order valence-electron chi connectivity index (χ1n) is 6.41. The lowest BCUT2D eigenvalue weighted by atomic mass is 10.0. The molecule has 3 rings (SSSR count). The lowest BCUT2D eigenvalue weighted by Crippen LogP contribution is -1.88. The third-order valence-electron chi connectivity index (χ3n) is 3.00. The Morgan fingerprint density at radius 2 is 1.35 bits per heavy atom. The van der Waals surface area contributed by atoms with Crippen molar-refractivity contribution in [1.29, 1.82) is 0 Å². The van der Waals surface area contributed by atoms with Crippen LogP contribution in [0.2, 0.25) is 0 Å². The van der Waals surface area contributed by atoms with Crippen LogP contribution in [0.4, 0.5) is 0 Å². The fourth-order valence-corrected chi connectivity index (χ4v) is 2.41. The molecule has 0 N–H and O–H groups in total. The van der Waals surface area contributed by atoms with Crippen molar-refractivity contribution >= 4 is 15.9 Å². The summed E-state index contributed by atoms with van der Waals surface area (Å²) in [4.78, 5) is 0. The van der Waals surface area contributed by atoms with Crippen LogP contribution in [0, 0.1) is 0 Å². The van der Waals surface area contributed by atoms with Crippen molar-refractivity contribution in [1.82, 2.24) is 0 Å². The molecular formula is C18H13BrO. The van der Waals surface area contributed by atoms with E-state index in [-0.39, 0.29) is 0 Å². The first-order valence-corrected chi connectivity index (χ1v) is 7.20. The van der Waals surface area contributed by atoms with Crippen LogP contribution >= 0.6 is 15.9 Å². The van der Waals surface area contributed by atoms with Gasteiger partial charge < -0.3 is 4.74 Å². The van der Waals surface area contributed by atoms with Crippen molar-refractivity contribution in [2.24, 2.45) is 0 Å². The summed E-state index contributed by atoms with van der Waals surface area (Å²) in [7, 11) is 0. The highest BCUT2D eigenvalue weighted by Crippen LogP contribution is 2.35. The van der Waals surface area contributed by atoms with E-state index in [1.807, 2.05) is 60.7 Å². The summed E-state index contributed by atoms with van der Waals surface area (Å²) < 4.78 is 7.04. The monoisotopic (exact) mass is 324 g/mol. The summed E-state index contributed by atoms with van der Waals surface area (Å²) in [6.07, 6.45) is 0. The second-order valence-corrected chi connectivity index (χ2v) is 5.34. The molecule has 0 radical (unpaired) electrons. The van der Waals surface area contributed by atoms with Crippen molar-refractivity contribution in [2.75, 3.05) is 0 Å². The highest BCUT2D eigenvalue weighted by molar-refractivity contribution is 9.10. The molecule has 0 saturated heterocycles. The zero-order chi connectivity index (χ0) is 13.8. The summed E-state index contributed by atoms with van der Waals surface area (Å²) in [5, 5.41) is 0. The van der Waals surface area contributed by atoms with Gasteiger partial charge in [-0.3, -0.25) is 0 Å². The summed E-state index contributed by atoms with van der Waals surface area (Å²) in [6.45, 7) is 0. The van der Waals surface area contributed by atoms with Gasteiger partial charge in [-0.15, -0.1) is 0 Å². The van der Waals surface area contributed by atoms with Crippen LogP contribution in [0.25, 0.3) is 11.1 Å². The number of hydrogen-bond acceptors (Lipinski definition) is 1. The van der Waals surface area contributed by atoms with E-state index in [0.717, 1.165) is 27.1 Å². The van der Waals surface area contributed by atoms with Gasteiger partial charge in [0.15, 0.2) is 0 Å². The van der Waals surface area contributed by atoms with Crippen molar-refractivity contribution in [3.05, 3.63) is 83.3 Å². The van der Waals surface area contributed by atoms with E-state index < -0.39 is 0 Å². The van der Waals surface area contributed by atoms with Crippen LogP contribution in [0.1, 0.15) is 0 Å². The maximum absolute atomic E-state index is 6.00. The van der Waals surface area contributed by atoms with E-state index in [1.165, 1.54) is 0 Å². The molecule has 1 nitrogen and oxygen atoms in total. The van der Waals surface area contributed by atoms with Crippen molar-refractivity contribution < 1.29 is 4.74 Å². The largest absolute Gasteiger partial charge is 0.457 e. The molecule has 0 fully saturated rings. The Morgan fingerprint density at radius 3 is 2.05 bits per heavy atom. The zero-order valence-corrected chi connectivity index (χ0v) is 12.4. The molecule has 0 aliphatic carbocycles. The van der Waals surface area contributed by atoms with E-state index >= 15 is 0 Å². The van der Waals surface area contributed by atoms with Gasteiger partial charge in [0, 0.05) is 10.0 Å². The Bertz CT molecular complexity index is 693. The molecule has 98 valence electrons. The Morgan fingerprint density at radius 1 is 0.700 bits per heavy atom. The van der Waals surface area contributed by atoms with Crippen LogP contribution < -0.4 is 4.74 Å². The molecule has 0 atom stereocenters. The summed E-state index contributed by atoms with van der Waals surface area (Å²) >= 11 is 3.52. The second-order valence-electron chi connectivity index (χ2n) is 4.42. The van der Waals surface area contributed by atoms with Crippen LogP contribution in [0.15, 0.2) is 83.3 Å². The molecular weight excluding hydrogens is 312 g/mol. The van der Waals surface area contributed by atoms with Crippen LogP contribution in [0.5, 0.6) is 11.5 Å². The maximum Gasteiger partial charge on any atom is 0.135 e. The highest BCUT2D eigenvalue weighted by Gasteiger charge is 2.08. The lowest BCUT2D eigenvalue weighted by Gasteiger charge is -2.12. The number of para-hydroxylation sites is 1. The van der Waals surface area contributed by atoms with Gasteiger partial charge in [-0.05, 0) is 35.9 Å². The normalized spacial score (nSPS) is 10.2. The van der Waals surface area contributed by atoms with Gasteiger partial charge in [0.1, 0.15) is 11.5 Å². The van der Waals surface area contributed by atoms with Crippen LogP contribution in [0.3, 0.4) is 0 Å². The van der Waals surface area contributed by atoms with E-state index in [9.17, 15) is 0 Å². The fraction of sp³-hybridized carbons (Fsp3) is 0. The summed E-state index contributed by atoms with van der Waals surface area (Å²) in [5.41, 5.74) is 2.21. The average Bonchev–Trinajstić information content (AvgIpc) is 2.51. The molecule has 0 bridgehead atoms. The first-order chi connectivity index (χ1) is 9.83. The van der Waals surface area contributed by atoms with Crippen molar-refractivity contribution in [3.63, 3.8) is 0 Å². The molecule has 2 heteroatoms. The highest BCUT2D eigenvalue weighted by atomic mass is 79.9. The predicted octanol–water partition coefficient (Wildman–Crippen LogP) is 5.91. The zero-order valence-electron chi connectivity index (χ0n) is 10.8. The summed E-state index contributed by atoms with van der Waals surface area (Å²) in [5.74, 6) is 1.69. The topological polar surface area (TPSA) is 9.23 Å². The third kappa shape index (κ3) is 2.91. The van der Waals surface area contributed by atoms with Gasteiger partial charge in [-0.25, -0.2) is 0 Å². The molecule has 3 aromatic rings. The number of rotatable bonds is 3. The molecule has 0 saturated carbocycles. The lowest BCUT2D eigenvalue weighted by molar-refractivity contribution is 0.484. The Balaban J connectivity index is 2.03. The second kappa shape index (κ2) is 5.93. The Labute approximate surface area is 127 Å². The molecule has 0 aliphatic heterocycles. The van der Waals surface area contributed by atoms with Gasteiger partial charge in [0.2, 0.25) is 0 Å². The quantitative estimate of drug-likeness (QED) is 0.582. The molecule has 0 aromatic heterocycles. The van der Waals surface area contributed by atoms with Gasteiger partial charge >= 0.3 is 0 Å². The number of hydrogen-bond donors (Lipinski definition) is 0. The molecule has 0 aliphatic rings. The maximum atomic E-state index is 6.00. The average molecular weight is 325 g/mol. The first kappa shape index (κ1) is 12.9. The molecule has 0 amide bonds. The van der Waals surface area contributed by atoms with E-state index in [4.69, 9.17) is 4.74 Å². The fourth-order valence-electron chi connectivity index (χ4n) is 2.05. The number of benzene rings is 3. The minimum atomic E-state index is 0.840. The van der Waals surface area contributed by atoms with Crippen LogP contribution in [-0.4, -0.2) is 0 Å². The third-order valence-corrected chi connectivity index (χ3v) is 3.49. The Hall–Kier alpha value is -2.06. The standard InChI is InChI=1S/C18H13BrO/c19-15-11-12-18(20-16-9-5-2-6-10-16)17(13-15)14-7-3-1-4-8-14/h1-13H. The molecule has 0 unspecified atom stereocenters. The number of halogens is 1. The minimum absolute atomic E-state index is 0.840. The van der Waals surface area contributed by atoms with Gasteiger partial charge in [0.25, 0.3) is 0 Å². The molecule has 0 heterocycles. The van der Waals surface area contributed by atoms with Crippen molar-refractivity contribution in [3.8, 4) is 22.6 Å². The predicted molar refractivity (Wildman–Crippen MR) is 86.1 cm³/mol. The van der Waals surface area contributed by atoms with E-state index in [1.54, 1.807) is 0 Å². The van der Waals surface area contributed by atoms with Crippen molar-refractivity contribution in [2.45, 2.75) is 0 Å². The van der Waals surface area contributed by atoms with Gasteiger partial charge in [-0.2, -0.15) is 0 Å². The minimum Gasteiger partial charge on any atom is -0.457 e. The van der Waals surface area contributed by atoms with Gasteiger partial charge in [0.05, 0.1) is 0 Å². The van der Waals surface area contributed by atoms with Crippen LogP contribution in [-0.2, 0) is 0 Å². The SMILES string of the molecule is Brc1ccc(Oc2ccccc2)c(-c2ccccc2)c1. The van der Waals surface area contributed by atoms with E-state index in [0.29, 0.717) is 0 Å². The number of ether oxygens (including phenoxy) is 1. The summed E-state index contributed by atoms with van der Waals surface area (Å²) in [6, 6.07) is 26.1. The smallest absolute Gasteiger partial charge is 0.135 e. The Kier molecular flexibility index (Phi) is 3.84.